The Hall–Kier alpha value is -3.66. The molecule has 0 spiro atoms. The van der Waals surface area contributed by atoms with Gasteiger partial charge in [-0.1, -0.05) is 35.9 Å². The van der Waals surface area contributed by atoms with Gasteiger partial charge in [-0.05, 0) is 43.5 Å². The largest absolute Gasteiger partial charge is 0.469 e. The van der Waals surface area contributed by atoms with Crippen molar-refractivity contribution in [2.75, 3.05) is 21.3 Å². The molecule has 1 heterocycles. The fourth-order valence-corrected chi connectivity index (χ4v) is 6.50. The van der Waals surface area contributed by atoms with Crippen molar-refractivity contribution in [1.29, 1.82) is 0 Å². The number of ether oxygens (including phenoxy) is 3. The molecule has 0 aliphatic heterocycles. The second-order valence-corrected chi connectivity index (χ2v) is 10.2. The molecule has 9 nitrogen and oxygen atoms in total. The first-order chi connectivity index (χ1) is 16.6. The molecule has 2 aromatic carbocycles. The Morgan fingerprint density at radius 2 is 1.51 bits per heavy atom. The van der Waals surface area contributed by atoms with Crippen LogP contribution in [0.5, 0.6) is 0 Å². The first-order valence-corrected chi connectivity index (χ1v) is 12.3. The van der Waals surface area contributed by atoms with E-state index >= 15 is 0 Å². The van der Waals surface area contributed by atoms with Gasteiger partial charge in [-0.2, -0.15) is 0 Å². The molecule has 10 heteroatoms. The van der Waals surface area contributed by atoms with Crippen LogP contribution in [0.2, 0.25) is 0 Å². The number of nitrogens with zero attached hydrogens (tertiary/aromatic N) is 1. The molecule has 0 N–H and O–H groups in total. The second kappa shape index (κ2) is 8.84. The van der Waals surface area contributed by atoms with E-state index in [2.05, 4.69) is 0 Å². The topological polar surface area (TPSA) is 118 Å². The monoisotopic (exact) mass is 499 g/mol. The molecule has 1 aliphatic rings. The number of rotatable bonds is 5. The van der Waals surface area contributed by atoms with E-state index in [1.54, 1.807) is 36.4 Å². The highest BCUT2D eigenvalue weighted by Gasteiger charge is 2.59. The van der Waals surface area contributed by atoms with Gasteiger partial charge in [0, 0.05) is 5.39 Å². The lowest BCUT2D eigenvalue weighted by Crippen LogP contribution is -2.52. The molecule has 4 rings (SSSR count). The summed E-state index contributed by atoms with van der Waals surface area (Å²) in [6.45, 7) is 1.83. The summed E-state index contributed by atoms with van der Waals surface area (Å²) in [5.74, 6) is -3.59. The van der Waals surface area contributed by atoms with Gasteiger partial charge in [0.1, 0.15) is 0 Å². The van der Waals surface area contributed by atoms with Crippen LogP contribution in [0.15, 0.2) is 53.4 Å². The van der Waals surface area contributed by atoms with Crippen molar-refractivity contribution >= 4 is 38.8 Å². The van der Waals surface area contributed by atoms with E-state index in [1.165, 1.54) is 19.2 Å². The first-order valence-electron chi connectivity index (χ1n) is 10.8. The average molecular weight is 500 g/mol. The lowest BCUT2D eigenvalue weighted by Gasteiger charge is -2.36. The molecule has 1 aromatic heterocycles. The molecule has 1 unspecified atom stereocenters. The van der Waals surface area contributed by atoms with Crippen LogP contribution in [0.25, 0.3) is 10.9 Å². The molecule has 1 aliphatic carbocycles. The number of carbonyl (C=O) groups excluding carboxylic acids is 3. The van der Waals surface area contributed by atoms with E-state index in [9.17, 15) is 22.8 Å². The summed E-state index contributed by atoms with van der Waals surface area (Å²) in [4.78, 5) is 39.3. The number of methoxy groups -OCH3 is 3. The Balaban J connectivity index is 2.18. The summed E-state index contributed by atoms with van der Waals surface area (Å²) in [5.41, 5.74) is -0.803. The van der Waals surface area contributed by atoms with Gasteiger partial charge in [0.25, 0.3) is 10.0 Å². The number of fused-ring (bicyclic) bond motifs is 3. The minimum absolute atomic E-state index is 0.0228. The summed E-state index contributed by atoms with van der Waals surface area (Å²) in [5, 5.41) is 0.490. The SMILES string of the molecule is COC(=O)C1Cc2c(n(S(=O)(=O)c3ccc(C)cc3)c3ccccc23)C(C(=O)OC)(C(=O)OC)C1. The summed E-state index contributed by atoms with van der Waals surface area (Å²) in [6, 6.07) is 12.9. The lowest BCUT2D eigenvalue weighted by atomic mass is 9.68. The van der Waals surface area contributed by atoms with Gasteiger partial charge in [-0.3, -0.25) is 14.4 Å². The maximum absolute atomic E-state index is 14.0. The smallest absolute Gasteiger partial charge is 0.329 e. The lowest BCUT2D eigenvalue weighted by molar-refractivity contribution is -0.165. The molecular formula is C25H25NO8S. The highest BCUT2D eigenvalue weighted by atomic mass is 32.2. The Labute approximate surface area is 202 Å². The van der Waals surface area contributed by atoms with Crippen LogP contribution in [-0.4, -0.2) is 51.6 Å². The minimum Gasteiger partial charge on any atom is -0.469 e. The molecule has 0 radical (unpaired) electrons. The van der Waals surface area contributed by atoms with Crippen LogP contribution in [0, 0.1) is 12.8 Å². The highest BCUT2D eigenvalue weighted by molar-refractivity contribution is 7.90. The number of carbonyl (C=O) groups is 3. The van der Waals surface area contributed by atoms with Crippen LogP contribution in [0.1, 0.15) is 23.2 Å². The van der Waals surface area contributed by atoms with Crippen LogP contribution in [-0.2, 0) is 50.5 Å². The van der Waals surface area contributed by atoms with Crippen molar-refractivity contribution in [1.82, 2.24) is 3.97 Å². The van der Waals surface area contributed by atoms with Gasteiger partial charge >= 0.3 is 17.9 Å². The zero-order valence-electron chi connectivity index (χ0n) is 19.7. The normalized spacial score (nSPS) is 16.9. The van der Waals surface area contributed by atoms with Crippen LogP contribution in [0.3, 0.4) is 0 Å². The molecule has 0 bridgehead atoms. The van der Waals surface area contributed by atoms with E-state index in [0.29, 0.717) is 10.9 Å². The predicted molar refractivity (Wildman–Crippen MR) is 125 cm³/mol. The average Bonchev–Trinajstić information content (AvgIpc) is 3.22. The summed E-state index contributed by atoms with van der Waals surface area (Å²) in [7, 11) is -0.898. The van der Waals surface area contributed by atoms with E-state index in [1.807, 2.05) is 6.92 Å². The minimum atomic E-state index is -4.29. The van der Waals surface area contributed by atoms with Crippen molar-refractivity contribution in [3.05, 3.63) is 65.4 Å². The van der Waals surface area contributed by atoms with Crippen molar-refractivity contribution in [3.63, 3.8) is 0 Å². The fourth-order valence-electron chi connectivity index (χ4n) is 4.89. The Bertz CT molecular complexity index is 1420. The van der Waals surface area contributed by atoms with Gasteiger partial charge in [-0.25, -0.2) is 12.4 Å². The molecule has 184 valence electrons. The van der Waals surface area contributed by atoms with Crippen LogP contribution >= 0.6 is 0 Å². The van der Waals surface area contributed by atoms with E-state index in [-0.39, 0.29) is 28.9 Å². The van der Waals surface area contributed by atoms with Crippen molar-refractivity contribution in [2.24, 2.45) is 5.92 Å². The third kappa shape index (κ3) is 3.59. The Kier molecular flexibility index (Phi) is 6.18. The number of aryl methyl sites for hydroxylation is 1. The number of hydrogen-bond acceptors (Lipinski definition) is 8. The summed E-state index contributed by atoms with van der Waals surface area (Å²) < 4.78 is 44.1. The van der Waals surface area contributed by atoms with Gasteiger partial charge in [0.15, 0.2) is 0 Å². The van der Waals surface area contributed by atoms with Crippen molar-refractivity contribution in [2.45, 2.75) is 30.1 Å². The zero-order valence-corrected chi connectivity index (χ0v) is 20.5. The maximum Gasteiger partial charge on any atom is 0.329 e. The number of aromatic nitrogens is 1. The van der Waals surface area contributed by atoms with Gasteiger partial charge < -0.3 is 14.2 Å². The Morgan fingerprint density at radius 1 is 0.914 bits per heavy atom. The highest BCUT2D eigenvalue weighted by Crippen LogP contribution is 2.47. The summed E-state index contributed by atoms with van der Waals surface area (Å²) in [6.07, 6.45) is -0.305. The van der Waals surface area contributed by atoms with E-state index in [4.69, 9.17) is 14.2 Å². The van der Waals surface area contributed by atoms with Crippen molar-refractivity contribution < 1.29 is 37.0 Å². The van der Waals surface area contributed by atoms with Gasteiger partial charge in [-0.15, -0.1) is 0 Å². The quantitative estimate of drug-likeness (QED) is 0.299. The third-order valence-electron chi connectivity index (χ3n) is 6.51. The van der Waals surface area contributed by atoms with Crippen LogP contribution in [0.4, 0.5) is 0 Å². The number of hydrogen-bond donors (Lipinski definition) is 0. The fraction of sp³-hybridized carbons (Fsp3) is 0.320. The molecule has 0 saturated carbocycles. The number of para-hydroxylation sites is 1. The summed E-state index contributed by atoms with van der Waals surface area (Å²) >= 11 is 0. The molecule has 35 heavy (non-hydrogen) atoms. The molecule has 0 saturated heterocycles. The van der Waals surface area contributed by atoms with E-state index < -0.39 is 39.3 Å². The number of esters is 3. The zero-order chi connectivity index (χ0) is 25.5. The van der Waals surface area contributed by atoms with Crippen LogP contribution < -0.4 is 0 Å². The van der Waals surface area contributed by atoms with Crippen molar-refractivity contribution in [3.8, 4) is 0 Å². The number of benzene rings is 2. The predicted octanol–water partition coefficient (Wildman–Crippen LogP) is 2.51. The van der Waals surface area contributed by atoms with E-state index in [0.717, 1.165) is 23.8 Å². The molecule has 0 fully saturated rings. The van der Waals surface area contributed by atoms with Gasteiger partial charge in [0.2, 0.25) is 5.41 Å². The molecule has 0 amide bonds. The second-order valence-electron chi connectivity index (χ2n) is 8.44. The standard InChI is InChI=1S/C25H25NO8S/c1-15-9-11-17(12-10-15)35(30,31)26-20-8-6-5-7-18(20)19-13-16(22(27)32-2)14-25(21(19)26,23(28)33-3)24(29)34-4/h5-12,16H,13-14H2,1-4H3. The first kappa shape index (κ1) is 24.5. The maximum atomic E-state index is 14.0. The molecule has 3 aromatic rings. The van der Waals surface area contributed by atoms with Gasteiger partial charge in [0.05, 0.1) is 43.4 Å². The Morgan fingerprint density at radius 3 is 2.09 bits per heavy atom. The molecular weight excluding hydrogens is 474 g/mol. The third-order valence-corrected chi connectivity index (χ3v) is 8.23. The molecule has 1 atom stereocenters.